The number of Topliss-reactive ketones (excluding diaryl/α,β-unsaturated/α-hetero) is 2. The third-order valence-corrected chi connectivity index (χ3v) is 5.98. The lowest BCUT2D eigenvalue weighted by Gasteiger charge is -2.27. The van der Waals surface area contributed by atoms with Gasteiger partial charge >= 0.3 is 0 Å². The largest absolute Gasteiger partial charge is 0.299 e. The number of halogens is 2. The highest BCUT2D eigenvalue weighted by Crippen LogP contribution is 2.44. The van der Waals surface area contributed by atoms with Gasteiger partial charge in [0.25, 0.3) is 0 Å². The van der Waals surface area contributed by atoms with Gasteiger partial charge in [-0.1, -0.05) is 60.1 Å². The average molecular weight is 421 g/mol. The molecule has 0 amide bonds. The van der Waals surface area contributed by atoms with E-state index in [2.05, 4.69) is 0 Å². The summed E-state index contributed by atoms with van der Waals surface area (Å²) in [5.41, 5.74) is 1.76. The molecule has 1 aliphatic carbocycles. The summed E-state index contributed by atoms with van der Waals surface area (Å²) < 4.78 is 14.8. The van der Waals surface area contributed by atoms with Crippen molar-refractivity contribution in [3.8, 4) is 0 Å². The molecule has 1 saturated carbocycles. The van der Waals surface area contributed by atoms with Gasteiger partial charge in [-0.05, 0) is 54.3 Å². The van der Waals surface area contributed by atoms with Gasteiger partial charge in [0.2, 0.25) is 0 Å². The van der Waals surface area contributed by atoms with Gasteiger partial charge in [0.1, 0.15) is 11.6 Å². The Balaban J connectivity index is 1.76. The number of carbonyl (C=O) groups is 2. The monoisotopic (exact) mass is 420 g/mol. The van der Waals surface area contributed by atoms with Crippen molar-refractivity contribution in [2.24, 2.45) is 5.92 Å². The van der Waals surface area contributed by atoms with Crippen LogP contribution in [-0.4, -0.2) is 11.6 Å². The van der Waals surface area contributed by atoms with Gasteiger partial charge in [-0.15, -0.1) is 0 Å². The molecule has 2 atom stereocenters. The fourth-order valence-corrected chi connectivity index (χ4v) is 4.13. The van der Waals surface area contributed by atoms with Gasteiger partial charge in [0.05, 0.1) is 5.92 Å². The number of benzene rings is 3. The van der Waals surface area contributed by atoms with Crippen molar-refractivity contribution < 1.29 is 14.0 Å². The van der Waals surface area contributed by atoms with E-state index in [9.17, 15) is 14.0 Å². The molecule has 0 aliphatic heterocycles. The molecule has 3 aromatic carbocycles. The first kappa shape index (κ1) is 20.5. The molecule has 0 saturated heterocycles. The Morgan fingerprint density at radius 2 is 1.53 bits per heavy atom. The molecule has 1 fully saturated rings. The van der Waals surface area contributed by atoms with E-state index >= 15 is 0 Å². The van der Waals surface area contributed by atoms with E-state index in [4.69, 9.17) is 11.6 Å². The minimum Gasteiger partial charge on any atom is -0.299 e. The highest BCUT2D eigenvalue weighted by Gasteiger charge is 2.41. The molecule has 4 rings (SSSR count). The van der Waals surface area contributed by atoms with Crippen LogP contribution in [0.5, 0.6) is 0 Å². The Hall–Kier alpha value is -2.78. The number of rotatable bonds is 8. The van der Waals surface area contributed by atoms with Crippen LogP contribution in [0.15, 0.2) is 78.9 Å². The second-order valence-electron chi connectivity index (χ2n) is 7.83. The Kier molecular flexibility index (Phi) is 6.10. The van der Waals surface area contributed by atoms with Crippen molar-refractivity contribution in [1.29, 1.82) is 0 Å². The Morgan fingerprint density at radius 3 is 2.17 bits per heavy atom. The molecule has 0 unspecified atom stereocenters. The minimum absolute atomic E-state index is 0.0258. The van der Waals surface area contributed by atoms with Crippen molar-refractivity contribution >= 4 is 23.2 Å². The van der Waals surface area contributed by atoms with Crippen molar-refractivity contribution in [3.05, 3.63) is 106 Å². The van der Waals surface area contributed by atoms with Gasteiger partial charge in [-0.25, -0.2) is 4.39 Å². The third kappa shape index (κ3) is 4.52. The average Bonchev–Trinajstić information content (AvgIpc) is 3.61. The predicted octanol–water partition coefficient (Wildman–Crippen LogP) is 6.60. The van der Waals surface area contributed by atoms with Crippen LogP contribution < -0.4 is 0 Å². The van der Waals surface area contributed by atoms with E-state index in [0.29, 0.717) is 16.1 Å². The first-order valence-electron chi connectivity index (χ1n) is 10.2. The number of hydrogen-bond donors (Lipinski definition) is 0. The quantitative estimate of drug-likeness (QED) is 0.385. The summed E-state index contributed by atoms with van der Waals surface area (Å²) in [6.07, 6.45) is 1.77. The summed E-state index contributed by atoms with van der Waals surface area (Å²) in [4.78, 5) is 26.5. The molecule has 0 heterocycles. The maximum atomic E-state index is 14.8. The topological polar surface area (TPSA) is 34.1 Å². The smallest absolute Gasteiger partial charge is 0.163 e. The van der Waals surface area contributed by atoms with Gasteiger partial charge in [0.15, 0.2) is 5.78 Å². The highest BCUT2D eigenvalue weighted by molar-refractivity contribution is 6.30. The van der Waals surface area contributed by atoms with E-state index in [-0.39, 0.29) is 23.9 Å². The van der Waals surface area contributed by atoms with Crippen molar-refractivity contribution in [2.45, 2.75) is 31.1 Å². The van der Waals surface area contributed by atoms with Crippen LogP contribution in [0.3, 0.4) is 0 Å². The zero-order valence-electron chi connectivity index (χ0n) is 16.4. The van der Waals surface area contributed by atoms with Gasteiger partial charge < -0.3 is 0 Å². The fraction of sp³-hybridized carbons (Fsp3) is 0.231. The van der Waals surface area contributed by atoms with Crippen LogP contribution in [0, 0.1) is 11.7 Å². The second-order valence-corrected chi connectivity index (χ2v) is 8.26. The number of hydrogen-bond acceptors (Lipinski definition) is 2. The third-order valence-electron chi connectivity index (χ3n) is 5.73. The summed E-state index contributed by atoms with van der Waals surface area (Å²) in [6, 6.07) is 22.6. The van der Waals surface area contributed by atoms with Crippen LogP contribution in [0.1, 0.15) is 52.6 Å². The maximum absolute atomic E-state index is 14.8. The molecule has 0 bridgehead atoms. The minimum atomic E-state index is -0.697. The van der Waals surface area contributed by atoms with Crippen LogP contribution in [0.4, 0.5) is 4.39 Å². The summed E-state index contributed by atoms with van der Waals surface area (Å²) in [5, 5.41) is 0.555. The molecular weight excluding hydrogens is 399 g/mol. The molecule has 0 radical (unpaired) electrons. The van der Waals surface area contributed by atoms with Crippen molar-refractivity contribution in [3.63, 3.8) is 0 Å². The van der Waals surface area contributed by atoms with E-state index < -0.39 is 17.7 Å². The van der Waals surface area contributed by atoms with Crippen molar-refractivity contribution in [1.82, 2.24) is 0 Å². The fourth-order valence-electron chi connectivity index (χ4n) is 4.00. The number of ketones is 2. The molecule has 0 N–H and O–H groups in total. The zero-order chi connectivity index (χ0) is 21.1. The first-order chi connectivity index (χ1) is 14.5. The lowest BCUT2D eigenvalue weighted by atomic mass is 9.74. The summed E-state index contributed by atoms with van der Waals surface area (Å²) >= 11 is 5.95. The SMILES string of the molecule is O=C(C[C@H](c1ccccc1)[C@@H](C(=O)C1CC1)c1ccccc1F)c1ccc(Cl)cc1. The lowest BCUT2D eigenvalue weighted by Crippen LogP contribution is -2.25. The predicted molar refractivity (Wildman–Crippen MR) is 116 cm³/mol. The molecule has 3 aromatic rings. The van der Waals surface area contributed by atoms with Crippen molar-refractivity contribution in [2.75, 3.05) is 0 Å². The maximum Gasteiger partial charge on any atom is 0.163 e. The van der Waals surface area contributed by atoms with Crippen LogP contribution in [0.25, 0.3) is 0 Å². The van der Waals surface area contributed by atoms with Gasteiger partial charge in [-0.2, -0.15) is 0 Å². The standard InChI is InChI=1S/C26H22ClFO2/c27-20-14-12-18(13-15-20)24(29)16-22(17-6-2-1-3-7-17)25(26(30)19-10-11-19)21-8-4-5-9-23(21)28/h1-9,12-15,19,22,25H,10-11,16H2/t22-,25+/m1/s1. The van der Waals surface area contributed by atoms with Crippen LogP contribution >= 0.6 is 11.6 Å². The van der Waals surface area contributed by atoms with Gasteiger partial charge in [-0.3, -0.25) is 9.59 Å². The molecule has 4 heteroatoms. The van der Waals surface area contributed by atoms with Crippen LogP contribution in [0.2, 0.25) is 5.02 Å². The molecule has 2 nitrogen and oxygen atoms in total. The molecule has 30 heavy (non-hydrogen) atoms. The van der Waals surface area contributed by atoms with E-state index in [0.717, 1.165) is 18.4 Å². The highest BCUT2D eigenvalue weighted by atomic mass is 35.5. The number of carbonyl (C=O) groups excluding carboxylic acids is 2. The van der Waals surface area contributed by atoms with Crippen LogP contribution in [-0.2, 0) is 4.79 Å². The molecular formula is C26H22ClFO2. The molecule has 152 valence electrons. The molecule has 1 aliphatic rings. The Bertz CT molecular complexity index is 1040. The van der Waals surface area contributed by atoms with E-state index in [1.54, 1.807) is 42.5 Å². The molecule has 0 spiro atoms. The summed E-state index contributed by atoms with van der Waals surface area (Å²) in [7, 11) is 0. The molecule has 0 aromatic heterocycles. The first-order valence-corrected chi connectivity index (χ1v) is 10.5. The normalized spacial score (nSPS) is 15.4. The second kappa shape index (κ2) is 8.93. The lowest BCUT2D eigenvalue weighted by molar-refractivity contribution is -0.122. The Morgan fingerprint density at radius 1 is 0.900 bits per heavy atom. The van der Waals surface area contributed by atoms with E-state index in [1.807, 2.05) is 30.3 Å². The summed E-state index contributed by atoms with van der Waals surface area (Å²) in [6.45, 7) is 0. The van der Waals surface area contributed by atoms with Gasteiger partial charge in [0, 0.05) is 28.8 Å². The zero-order valence-corrected chi connectivity index (χ0v) is 17.2. The Labute approximate surface area is 180 Å². The summed E-state index contributed by atoms with van der Waals surface area (Å²) in [5.74, 6) is -1.66. The van der Waals surface area contributed by atoms with E-state index in [1.165, 1.54) is 6.07 Å².